The van der Waals surface area contributed by atoms with Crippen LogP contribution in [-0.4, -0.2) is 30.6 Å². The van der Waals surface area contributed by atoms with Gasteiger partial charge in [0.15, 0.2) is 0 Å². The predicted molar refractivity (Wildman–Crippen MR) is 78.0 cm³/mol. The highest BCUT2D eigenvalue weighted by molar-refractivity contribution is 5.25. The van der Waals surface area contributed by atoms with Crippen molar-refractivity contribution in [2.45, 2.75) is 44.9 Å². The summed E-state index contributed by atoms with van der Waals surface area (Å²) in [6.45, 7) is 5.58. The van der Waals surface area contributed by atoms with Gasteiger partial charge >= 0.3 is 6.18 Å². The number of benzene rings is 1. The second-order valence-corrected chi connectivity index (χ2v) is 5.67. The van der Waals surface area contributed by atoms with Gasteiger partial charge < -0.3 is 5.32 Å². The van der Waals surface area contributed by atoms with Crippen LogP contribution in [0.2, 0.25) is 0 Å². The van der Waals surface area contributed by atoms with Crippen molar-refractivity contribution in [1.29, 1.82) is 0 Å². The first-order valence-electron chi connectivity index (χ1n) is 7.61. The summed E-state index contributed by atoms with van der Waals surface area (Å²) in [6.07, 6.45) is -1.01. The Kier molecular flexibility index (Phi) is 5.65. The maximum atomic E-state index is 12.8. The fourth-order valence-electron chi connectivity index (χ4n) is 2.90. The Labute approximate surface area is 124 Å². The molecule has 0 aliphatic carbocycles. The van der Waals surface area contributed by atoms with Crippen molar-refractivity contribution >= 4 is 0 Å². The molecule has 0 radical (unpaired) electrons. The first-order chi connectivity index (χ1) is 10.0. The van der Waals surface area contributed by atoms with Crippen LogP contribution in [0, 0.1) is 0 Å². The molecule has 1 aromatic rings. The molecule has 0 saturated carbocycles. The van der Waals surface area contributed by atoms with Crippen molar-refractivity contribution in [2.75, 3.05) is 19.6 Å². The van der Waals surface area contributed by atoms with Gasteiger partial charge in [0.1, 0.15) is 0 Å². The number of hydrogen-bond donors (Lipinski definition) is 1. The molecule has 2 nitrogen and oxygen atoms in total. The van der Waals surface area contributed by atoms with E-state index in [-0.39, 0.29) is 0 Å². The second-order valence-electron chi connectivity index (χ2n) is 5.67. The monoisotopic (exact) mass is 300 g/mol. The van der Waals surface area contributed by atoms with E-state index in [0.717, 1.165) is 50.5 Å². The van der Waals surface area contributed by atoms with E-state index in [0.29, 0.717) is 12.6 Å². The van der Waals surface area contributed by atoms with Crippen molar-refractivity contribution in [3.05, 3.63) is 35.4 Å². The van der Waals surface area contributed by atoms with Crippen molar-refractivity contribution in [3.8, 4) is 0 Å². The van der Waals surface area contributed by atoms with Crippen LogP contribution in [-0.2, 0) is 12.7 Å². The molecule has 1 aromatic carbocycles. The van der Waals surface area contributed by atoms with Crippen LogP contribution in [0.4, 0.5) is 13.2 Å². The molecule has 1 saturated heterocycles. The molecule has 2 rings (SSSR count). The zero-order valence-electron chi connectivity index (χ0n) is 12.4. The van der Waals surface area contributed by atoms with Crippen LogP contribution in [0.25, 0.3) is 0 Å². The lowest BCUT2D eigenvalue weighted by molar-refractivity contribution is -0.137. The molecule has 0 spiro atoms. The van der Waals surface area contributed by atoms with Crippen LogP contribution < -0.4 is 5.32 Å². The Bertz CT molecular complexity index is 439. The highest BCUT2D eigenvalue weighted by Crippen LogP contribution is 2.30. The summed E-state index contributed by atoms with van der Waals surface area (Å²) in [6, 6.07) is 6.12. The third-order valence-corrected chi connectivity index (χ3v) is 3.94. The Hall–Kier alpha value is -1.07. The van der Waals surface area contributed by atoms with Crippen LogP contribution >= 0.6 is 0 Å². The summed E-state index contributed by atoms with van der Waals surface area (Å²) < 4.78 is 38.4. The van der Waals surface area contributed by atoms with Gasteiger partial charge in [0.2, 0.25) is 0 Å². The van der Waals surface area contributed by atoms with Gasteiger partial charge in [-0.05, 0) is 44.0 Å². The minimum atomic E-state index is -4.27. The van der Waals surface area contributed by atoms with E-state index in [1.54, 1.807) is 6.07 Å². The van der Waals surface area contributed by atoms with Gasteiger partial charge in [-0.15, -0.1) is 0 Å². The Morgan fingerprint density at radius 2 is 2.14 bits per heavy atom. The molecular formula is C16H23F3N2. The highest BCUT2D eigenvalue weighted by atomic mass is 19.4. The average molecular weight is 300 g/mol. The van der Waals surface area contributed by atoms with Gasteiger partial charge in [-0.25, -0.2) is 0 Å². The number of nitrogens with zero attached hydrogens (tertiary/aromatic N) is 1. The number of halogens is 3. The third kappa shape index (κ3) is 4.71. The fourth-order valence-corrected chi connectivity index (χ4v) is 2.90. The minimum Gasteiger partial charge on any atom is -0.315 e. The summed E-state index contributed by atoms with van der Waals surface area (Å²) >= 11 is 0. The molecule has 1 heterocycles. The lowest BCUT2D eigenvalue weighted by atomic mass is 10.0. The molecule has 1 unspecified atom stereocenters. The number of hydrogen-bond acceptors (Lipinski definition) is 2. The Morgan fingerprint density at radius 3 is 2.76 bits per heavy atom. The van der Waals surface area contributed by atoms with E-state index in [9.17, 15) is 13.2 Å². The third-order valence-electron chi connectivity index (χ3n) is 3.94. The smallest absolute Gasteiger partial charge is 0.315 e. The summed E-state index contributed by atoms with van der Waals surface area (Å²) in [7, 11) is 0. The summed E-state index contributed by atoms with van der Waals surface area (Å²) in [5.74, 6) is 0. The molecule has 0 bridgehead atoms. The van der Waals surface area contributed by atoms with Gasteiger partial charge in [0.05, 0.1) is 5.56 Å². The van der Waals surface area contributed by atoms with Crippen LogP contribution in [0.1, 0.15) is 37.3 Å². The number of alkyl halides is 3. The summed E-state index contributed by atoms with van der Waals surface area (Å²) in [5.41, 5.74) is 0.182. The molecule has 1 aliphatic rings. The van der Waals surface area contributed by atoms with Crippen LogP contribution in [0.15, 0.2) is 24.3 Å². The summed E-state index contributed by atoms with van der Waals surface area (Å²) in [5, 5.41) is 3.37. The SMILES string of the molecule is CCCN(Cc1cccc(C(F)(F)F)c1)C1CCCNC1. The normalized spacial score (nSPS) is 20.0. The standard InChI is InChI=1S/C16H23F3N2/c1-2-9-21(15-7-4-8-20-11-15)12-13-5-3-6-14(10-13)16(17,18)19/h3,5-6,10,15,20H,2,4,7-9,11-12H2,1H3. The zero-order valence-corrected chi connectivity index (χ0v) is 12.4. The molecule has 0 aromatic heterocycles. The van der Waals surface area contributed by atoms with Gasteiger partial charge in [-0.2, -0.15) is 13.2 Å². The minimum absolute atomic E-state index is 0.424. The molecule has 21 heavy (non-hydrogen) atoms. The number of rotatable bonds is 5. The predicted octanol–water partition coefficient (Wildman–Crippen LogP) is 3.67. The van der Waals surface area contributed by atoms with Gasteiger partial charge in [0.25, 0.3) is 0 Å². The van der Waals surface area contributed by atoms with E-state index in [1.807, 2.05) is 0 Å². The van der Waals surface area contributed by atoms with E-state index < -0.39 is 11.7 Å². The van der Waals surface area contributed by atoms with Crippen molar-refractivity contribution < 1.29 is 13.2 Å². The maximum absolute atomic E-state index is 12.8. The van der Waals surface area contributed by atoms with E-state index in [1.165, 1.54) is 12.1 Å². The molecule has 118 valence electrons. The molecule has 1 atom stereocenters. The lowest BCUT2D eigenvalue weighted by Crippen LogP contribution is -2.45. The van der Waals surface area contributed by atoms with Crippen LogP contribution in [0.5, 0.6) is 0 Å². The highest BCUT2D eigenvalue weighted by Gasteiger charge is 2.30. The molecular weight excluding hydrogens is 277 g/mol. The maximum Gasteiger partial charge on any atom is 0.416 e. The fraction of sp³-hybridized carbons (Fsp3) is 0.625. The molecule has 1 N–H and O–H groups in total. The molecule has 0 amide bonds. The first kappa shape index (κ1) is 16.3. The van der Waals surface area contributed by atoms with E-state index >= 15 is 0 Å². The second kappa shape index (κ2) is 7.27. The molecule has 1 fully saturated rings. The number of nitrogens with one attached hydrogen (secondary N) is 1. The molecule has 1 aliphatic heterocycles. The summed E-state index contributed by atoms with van der Waals surface area (Å²) in [4.78, 5) is 2.31. The van der Waals surface area contributed by atoms with Crippen molar-refractivity contribution in [2.24, 2.45) is 0 Å². The quantitative estimate of drug-likeness (QED) is 0.892. The number of piperidine rings is 1. The first-order valence-corrected chi connectivity index (χ1v) is 7.61. The van der Waals surface area contributed by atoms with Crippen molar-refractivity contribution in [1.82, 2.24) is 10.2 Å². The average Bonchev–Trinajstić information content (AvgIpc) is 2.47. The van der Waals surface area contributed by atoms with Gasteiger partial charge in [0, 0.05) is 19.1 Å². The lowest BCUT2D eigenvalue weighted by Gasteiger charge is -2.34. The largest absolute Gasteiger partial charge is 0.416 e. The Balaban J connectivity index is 2.09. The topological polar surface area (TPSA) is 15.3 Å². The molecule has 5 heteroatoms. The van der Waals surface area contributed by atoms with Crippen LogP contribution in [0.3, 0.4) is 0 Å². The van der Waals surface area contributed by atoms with Gasteiger partial charge in [-0.3, -0.25) is 4.90 Å². The van der Waals surface area contributed by atoms with Crippen molar-refractivity contribution in [3.63, 3.8) is 0 Å². The van der Waals surface area contributed by atoms with E-state index in [2.05, 4.69) is 17.1 Å². The zero-order chi connectivity index (χ0) is 15.3. The van der Waals surface area contributed by atoms with Gasteiger partial charge in [-0.1, -0.05) is 25.1 Å². The van der Waals surface area contributed by atoms with E-state index in [4.69, 9.17) is 0 Å². The Morgan fingerprint density at radius 1 is 1.33 bits per heavy atom.